The third-order valence-electron chi connectivity index (χ3n) is 5.14. The first-order valence-electron chi connectivity index (χ1n) is 9.16. The second-order valence-electron chi connectivity index (χ2n) is 6.97. The van der Waals surface area contributed by atoms with E-state index < -0.39 is 0 Å². The average Bonchev–Trinajstić information content (AvgIpc) is 3.52. The van der Waals surface area contributed by atoms with E-state index in [0.717, 1.165) is 22.6 Å². The minimum absolute atomic E-state index is 0.172. The van der Waals surface area contributed by atoms with Gasteiger partial charge in [-0.25, -0.2) is 0 Å². The van der Waals surface area contributed by atoms with E-state index in [9.17, 15) is 4.79 Å². The molecule has 0 bridgehead atoms. The number of hydrogen-bond acceptors (Lipinski definition) is 3. The lowest BCUT2D eigenvalue weighted by Gasteiger charge is -2.30. The Morgan fingerprint density at radius 1 is 0.962 bits per heavy atom. The van der Waals surface area contributed by atoms with Crippen LogP contribution in [0.5, 0.6) is 11.5 Å². The molecule has 3 rings (SSSR count). The molecule has 1 atom stereocenters. The Bertz CT molecular complexity index is 720. The largest absolute Gasteiger partial charge is 0.497 e. The maximum atomic E-state index is 13.0. The normalized spacial score (nSPS) is 14.6. The quantitative estimate of drug-likeness (QED) is 0.718. The van der Waals surface area contributed by atoms with E-state index in [4.69, 9.17) is 9.47 Å². The Kier molecular flexibility index (Phi) is 5.82. The number of methoxy groups -OCH3 is 2. The highest BCUT2D eigenvalue weighted by molar-refractivity contribution is 5.79. The van der Waals surface area contributed by atoms with E-state index in [1.807, 2.05) is 53.4 Å². The topological polar surface area (TPSA) is 38.8 Å². The Hall–Kier alpha value is -2.49. The molecule has 0 radical (unpaired) electrons. The Morgan fingerprint density at radius 3 is 1.92 bits per heavy atom. The molecule has 26 heavy (non-hydrogen) atoms. The highest BCUT2D eigenvalue weighted by atomic mass is 16.5. The summed E-state index contributed by atoms with van der Waals surface area (Å²) in [5.41, 5.74) is 2.14. The van der Waals surface area contributed by atoms with E-state index in [2.05, 4.69) is 6.92 Å². The van der Waals surface area contributed by atoms with Crippen LogP contribution in [0.25, 0.3) is 0 Å². The molecule has 0 aliphatic heterocycles. The molecule has 1 amide bonds. The first-order valence-corrected chi connectivity index (χ1v) is 9.16. The van der Waals surface area contributed by atoms with Gasteiger partial charge in [0.2, 0.25) is 5.91 Å². The van der Waals surface area contributed by atoms with Crippen LogP contribution in [0.3, 0.4) is 0 Å². The number of nitrogens with zero attached hydrogens (tertiary/aromatic N) is 1. The number of carbonyl (C=O) groups is 1. The van der Waals surface area contributed by atoms with Gasteiger partial charge in [-0.1, -0.05) is 24.3 Å². The lowest BCUT2D eigenvalue weighted by molar-refractivity contribution is -0.133. The number of amides is 1. The van der Waals surface area contributed by atoms with Crippen molar-refractivity contribution in [3.05, 3.63) is 59.7 Å². The Labute approximate surface area is 155 Å². The zero-order valence-electron chi connectivity index (χ0n) is 15.8. The summed E-state index contributed by atoms with van der Waals surface area (Å²) in [5.74, 6) is 2.45. The van der Waals surface area contributed by atoms with Crippen molar-refractivity contribution < 1.29 is 14.3 Å². The summed E-state index contributed by atoms with van der Waals surface area (Å²) in [5, 5.41) is 0. The van der Waals surface area contributed by atoms with Crippen LogP contribution in [-0.2, 0) is 17.8 Å². The van der Waals surface area contributed by atoms with Crippen molar-refractivity contribution >= 4 is 5.91 Å². The van der Waals surface area contributed by atoms with Gasteiger partial charge in [0.15, 0.2) is 0 Å². The smallest absolute Gasteiger partial charge is 0.227 e. The number of rotatable bonds is 8. The lowest BCUT2D eigenvalue weighted by Crippen LogP contribution is -2.40. The second-order valence-corrected chi connectivity index (χ2v) is 6.97. The molecule has 1 saturated carbocycles. The average molecular weight is 353 g/mol. The Balaban J connectivity index is 1.72. The van der Waals surface area contributed by atoms with Crippen molar-refractivity contribution in [2.75, 3.05) is 14.2 Å². The summed E-state index contributed by atoms with van der Waals surface area (Å²) >= 11 is 0. The van der Waals surface area contributed by atoms with Crippen molar-refractivity contribution in [1.29, 1.82) is 0 Å². The van der Waals surface area contributed by atoms with Gasteiger partial charge in [-0.2, -0.15) is 0 Å². The van der Waals surface area contributed by atoms with E-state index >= 15 is 0 Å². The lowest BCUT2D eigenvalue weighted by atomic mass is 10.1. The molecular formula is C22H27NO3. The van der Waals surface area contributed by atoms with Gasteiger partial charge in [0.25, 0.3) is 0 Å². The zero-order chi connectivity index (χ0) is 18.5. The number of benzene rings is 2. The van der Waals surface area contributed by atoms with Gasteiger partial charge in [-0.15, -0.1) is 0 Å². The van der Waals surface area contributed by atoms with Crippen molar-refractivity contribution in [3.8, 4) is 11.5 Å². The molecule has 2 aromatic rings. The van der Waals surface area contributed by atoms with E-state index in [1.54, 1.807) is 14.2 Å². The molecule has 1 aliphatic carbocycles. The third-order valence-corrected chi connectivity index (χ3v) is 5.14. The summed E-state index contributed by atoms with van der Waals surface area (Å²) in [6, 6.07) is 16.0. The number of ether oxygens (including phenoxy) is 2. The van der Waals surface area contributed by atoms with Gasteiger partial charge in [-0.3, -0.25) is 4.79 Å². The molecule has 2 aromatic carbocycles. The monoisotopic (exact) mass is 353 g/mol. The highest BCUT2D eigenvalue weighted by Crippen LogP contribution is 2.36. The second kappa shape index (κ2) is 8.26. The molecular weight excluding hydrogens is 326 g/mol. The summed E-state index contributed by atoms with van der Waals surface area (Å²) in [6.45, 7) is 2.81. The molecule has 0 spiro atoms. The molecule has 0 heterocycles. The first kappa shape index (κ1) is 18.3. The molecule has 0 saturated heterocycles. The van der Waals surface area contributed by atoms with Crippen molar-refractivity contribution in [3.63, 3.8) is 0 Å². The van der Waals surface area contributed by atoms with Crippen LogP contribution < -0.4 is 9.47 Å². The van der Waals surface area contributed by atoms with Crippen LogP contribution in [0.2, 0.25) is 0 Å². The van der Waals surface area contributed by atoms with Gasteiger partial charge in [0.1, 0.15) is 11.5 Å². The van der Waals surface area contributed by atoms with Crippen molar-refractivity contribution in [1.82, 2.24) is 4.90 Å². The van der Waals surface area contributed by atoms with Gasteiger partial charge in [0, 0.05) is 12.6 Å². The molecule has 1 fully saturated rings. The first-order chi connectivity index (χ1) is 12.6. The fraction of sp³-hybridized carbons (Fsp3) is 0.409. The van der Waals surface area contributed by atoms with E-state index in [1.165, 1.54) is 12.8 Å². The molecule has 138 valence electrons. The predicted octanol–water partition coefficient (Wildman–Crippen LogP) is 4.07. The molecule has 0 aromatic heterocycles. The van der Waals surface area contributed by atoms with Crippen LogP contribution in [0.4, 0.5) is 0 Å². The molecule has 4 nitrogen and oxygen atoms in total. The standard InChI is InChI=1S/C22H27NO3/c1-16(19-8-9-19)23(15-18-6-12-21(26-3)13-7-18)22(24)14-17-4-10-20(25-2)11-5-17/h4-7,10-13,16,19H,8-9,14-15H2,1-3H3. The molecule has 0 N–H and O–H groups in total. The fourth-order valence-corrected chi connectivity index (χ4v) is 3.24. The summed E-state index contributed by atoms with van der Waals surface area (Å²) in [6.07, 6.45) is 2.85. The van der Waals surface area contributed by atoms with E-state index in [0.29, 0.717) is 18.9 Å². The van der Waals surface area contributed by atoms with Crippen LogP contribution in [0.15, 0.2) is 48.5 Å². The van der Waals surface area contributed by atoms with Crippen molar-refractivity contribution in [2.24, 2.45) is 5.92 Å². The third kappa shape index (κ3) is 4.57. The predicted molar refractivity (Wildman–Crippen MR) is 102 cm³/mol. The number of carbonyl (C=O) groups excluding carboxylic acids is 1. The van der Waals surface area contributed by atoms with Gasteiger partial charge in [0.05, 0.1) is 20.6 Å². The summed E-state index contributed by atoms with van der Waals surface area (Å²) in [7, 11) is 3.31. The van der Waals surface area contributed by atoms with Crippen LogP contribution in [0.1, 0.15) is 30.9 Å². The SMILES string of the molecule is COc1ccc(CC(=O)N(Cc2ccc(OC)cc2)C(C)C2CC2)cc1. The maximum Gasteiger partial charge on any atom is 0.227 e. The van der Waals surface area contributed by atoms with Crippen molar-refractivity contribution in [2.45, 2.75) is 38.8 Å². The minimum atomic E-state index is 0.172. The zero-order valence-corrected chi connectivity index (χ0v) is 15.8. The van der Waals surface area contributed by atoms with Gasteiger partial charge >= 0.3 is 0 Å². The van der Waals surface area contributed by atoms with Crippen LogP contribution >= 0.6 is 0 Å². The molecule has 4 heteroatoms. The number of hydrogen-bond donors (Lipinski definition) is 0. The van der Waals surface area contributed by atoms with Gasteiger partial charge in [-0.05, 0) is 61.1 Å². The minimum Gasteiger partial charge on any atom is -0.497 e. The van der Waals surface area contributed by atoms with E-state index in [-0.39, 0.29) is 11.9 Å². The fourth-order valence-electron chi connectivity index (χ4n) is 3.24. The summed E-state index contributed by atoms with van der Waals surface area (Å²) < 4.78 is 10.4. The summed E-state index contributed by atoms with van der Waals surface area (Å²) in [4.78, 5) is 15.1. The van der Waals surface area contributed by atoms with Crippen LogP contribution in [-0.4, -0.2) is 31.1 Å². The van der Waals surface area contributed by atoms with Gasteiger partial charge < -0.3 is 14.4 Å². The molecule has 1 aliphatic rings. The highest BCUT2D eigenvalue weighted by Gasteiger charge is 2.34. The molecule has 1 unspecified atom stereocenters. The Morgan fingerprint density at radius 2 is 1.46 bits per heavy atom. The van der Waals surface area contributed by atoms with Crippen LogP contribution in [0, 0.1) is 5.92 Å². The maximum absolute atomic E-state index is 13.0.